The monoisotopic (exact) mass is 256 g/mol. The normalized spacial score (nSPS) is 20.7. The van der Waals surface area contributed by atoms with Crippen LogP contribution in [0.2, 0.25) is 5.54 Å². The Morgan fingerprint density at radius 2 is 1.83 bits per heavy atom. The highest BCUT2D eigenvalue weighted by molar-refractivity contribution is 6.56. The standard InChI is InChI=1S/C17H24Si/c1-5-14(4)16-7-6-8-17(16)18-15-10-12(2)9-13(3)11-15/h6-11,14,17H,5,18H2,1-4H3. The van der Waals surface area contributed by atoms with Gasteiger partial charge in [-0.2, -0.15) is 0 Å². The zero-order chi connectivity index (χ0) is 13.1. The average molecular weight is 256 g/mol. The van der Waals surface area contributed by atoms with Gasteiger partial charge in [-0.1, -0.05) is 72.2 Å². The molecule has 96 valence electrons. The van der Waals surface area contributed by atoms with Gasteiger partial charge in [0.2, 0.25) is 0 Å². The van der Waals surface area contributed by atoms with E-state index >= 15 is 0 Å². The Morgan fingerprint density at radius 1 is 1.17 bits per heavy atom. The van der Waals surface area contributed by atoms with Crippen molar-refractivity contribution in [2.24, 2.45) is 5.92 Å². The Balaban J connectivity index is 2.14. The zero-order valence-electron chi connectivity index (χ0n) is 12.0. The first-order chi connectivity index (χ1) is 8.60. The minimum absolute atomic E-state index is 0.232. The molecule has 18 heavy (non-hydrogen) atoms. The maximum absolute atomic E-state index is 2.42. The molecule has 0 fully saturated rings. The summed E-state index contributed by atoms with van der Waals surface area (Å²) in [4.78, 5) is 0. The summed E-state index contributed by atoms with van der Waals surface area (Å²) in [5, 5.41) is 1.61. The summed E-state index contributed by atoms with van der Waals surface area (Å²) in [6.45, 7) is 9.07. The molecule has 1 heteroatoms. The quantitative estimate of drug-likeness (QED) is 0.724. The Bertz CT molecular complexity index is 462. The summed E-state index contributed by atoms with van der Waals surface area (Å²) >= 11 is 0. The fraction of sp³-hybridized carbons (Fsp3) is 0.412. The van der Waals surface area contributed by atoms with Gasteiger partial charge in [-0.3, -0.25) is 0 Å². The molecule has 2 atom stereocenters. The molecule has 1 aromatic carbocycles. The number of hydrogen-bond acceptors (Lipinski definition) is 0. The molecular weight excluding hydrogens is 232 g/mol. The van der Waals surface area contributed by atoms with Crippen LogP contribution >= 0.6 is 0 Å². The molecule has 2 rings (SSSR count). The Kier molecular flexibility index (Phi) is 4.23. The summed E-state index contributed by atoms with van der Waals surface area (Å²) in [5.41, 5.74) is 5.24. The van der Waals surface area contributed by atoms with Gasteiger partial charge in [-0.25, -0.2) is 0 Å². The van der Waals surface area contributed by atoms with Crippen molar-refractivity contribution in [2.75, 3.05) is 0 Å². The average Bonchev–Trinajstić information content (AvgIpc) is 2.74. The molecule has 1 aliphatic rings. The predicted molar refractivity (Wildman–Crippen MR) is 84.5 cm³/mol. The van der Waals surface area contributed by atoms with Crippen LogP contribution in [0, 0.1) is 19.8 Å². The topological polar surface area (TPSA) is 0 Å². The summed E-state index contributed by atoms with van der Waals surface area (Å²) in [5.74, 6) is 0.739. The molecule has 0 saturated carbocycles. The van der Waals surface area contributed by atoms with E-state index in [1.54, 1.807) is 10.8 Å². The van der Waals surface area contributed by atoms with Crippen LogP contribution in [-0.2, 0) is 0 Å². The predicted octanol–water partition coefficient (Wildman–Crippen LogP) is 3.43. The van der Waals surface area contributed by atoms with Gasteiger partial charge in [0.1, 0.15) is 0 Å². The van der Waals surface area contributed by atoms with E-state index in [0.29, 0.717) is 0 Å². The summed E-state index contributed by atoms with van der Waals surface area (Å²) in [6.07, 6.45) is 8.30. The van der Waals surface area contributed by atoms with Crippen molar-refractivity contribution >= 4 is 14.7 Å². The van der Waals surface area contributed by atoms with Gasteiger partial charge >= 0.3 is 0 Å². The minimum atomic E-state index is -0.232. The smallest absolute Gasteiger partial charge is 0.0667 e. The van der Waals surface area contributed by atoms with E-state index in [0.717, 1.165) is 11.5 Å². The van der Waals surface area contributed by atoms with Crippen molar-refractivity contribution in [1.29, 1.82) is 0 Å². The van der Waals surface area contributed by atoms with Crippen LogP contribution in [0.4, 0.5) is 0 Å². The second-order valence-corrected chi connectivity index (χ2v) is 7.77. The Labute approximate surface area is 114 Å². The van der Waals surface area contributed by atoms with Gasteiger partial charge in [0.05, 0.1) is 9.52 Å². The highest BCUT2D eigenvalue weighted by atomic mass is 28.2. The fourth-order valence-corrected chi connectivity index (χ4v) is 5.38. The third-order valence-corrected chi connectivity index (χ3v) is 6.04. The highest BCUT2D eigenvalue weighted by Gasteiger charge is 2.19. The van der Waals surface area contributed by atoms with Crippen LogP contribution in [0.25, 0.3) is 0 Å². The number of allylic oxidation sites excluding steroid dienone is 4. The Hall–Kier alpha value is -1.08. The number of benzene rings is 1. The van der Waals surface area contributed by atoms with E-state index in [9.17, 15) is 0 Å². The van der Waals surface area contributed by atoms with Crippen LogP contribution < -0.4 is 5.19 Å². The van der Waals surface area contributed by atoms with E-state index in [-0.39, 0.29) is 9.52 Å². The second-order valence-electron chi connectivity index (χ2n) is 5.67. The molecule has 0 aliphatic heterocycles. The molecule has 0 saturated heterocycles. The third kappa shape index (κ3) is 3.02. The summed E-state index contributed by atoms with van der Waals surface area (Å²) < 4.78 is 0. The van der Waals surface area contributed by atoms with Crippen molar-refractivity contribution in [1.82, 2.24) is 0 Å². The molecule has 0 radical (unpaired) electrons. The molecule has 0 heterocycles. The van der Waals surface area contributed by atoms with Gasteiger partial charge in [0, 0.05) is 0 Å². The fourth-order valence-electron chi connectivity index (χ4n) is 2.93. The molecule has 0 aromatic heterocycles. The van der Waals surface area contributed by atoms with E-state index < -0.39 is 0 Å². The first kappa shape index (κ1) is 13.4. The first-order valence-electron chi connectivity index (χ1n) is 7.05. The number of hydrogen-bond donors (Lipinski definition) is 0. The molecule has 0 N–H and O–H groups in total. The van der Waals surface area contributed by atoms with E-state index in [2.05, 4.69) is 64.1 Å². The third-order valence-electron chi connectivity index (χ3n) is 3.98. The number of aryl methyl sites for hydroxylation is 2. The van der Waals surface area contributed by atoms with E-state index in [1.165, 1.54) is 17.5 Å². The highest BCUT2D eigenvalue weighted by Crippen LogP contribution is 2.32. The Morgan fingerprint density at radius 3 is 2.44 bits per heavy atom. The van der Waals surface area contributed by atoms with Crippen LogP contribution in [0.5, 0.6) is 0 Å². The van der Waals surface area contributed by atoms with Crippen LogP contribution in [0.1, 0.15) is 31.4 Å². The van der Waals surface area contributed by atoms with Gasteiger partial charge in [0.25, 0.3) is 0 Å². The lowest BCUT2D eigenvalue weighted by molar-refractivity contribution is 0.645. The molecule has 1 aliphatic carbocycles. The van der Waals surface area contributed by atoms with Crippen LogP contribution in [0.15, 0.2) is 42.0 Å². The molecule has 1 aromatic rings. The molecule has 0 nitrogen and oxygen atoms in total. The second kappa shape index (κ2) is 5.70. The van der Waals surface area contributed by atoms with Crippen molar-refractivity contribution in [3.8, 4) is 0 Å². The van der Waals surface area contributed by atoms with E-state index in [1.807, 2.05) is 0 Å². The van der Waals surface area contributed by atoms with Crippen molar-refractivity contribution in [3.63, 3.8) is 0 Å². The molecular formula is C17H24Si. The van der Waals surface area contributed by atoms with Crippen molar-refractivity contribution in [3.05, 3.63) is 53.1 Å². The lowest BCUT2D eigenvalue weighted by Crippen LogP contribution is -2.21. The van der Waals surface area contributed by atoms with Gasteiger partial charge in [-0.05, 0) is 31.7 Å². The van der Waals surface area contributed by atoms with Gasteiger partial charge in [0.15, 0.2) is 0 Å². The van der Waals surface area contributed by atoms with Crippen LogP contribution in [-0.4, -0.2) is 9.52 Å². The maximum Gasteiger partial charge on any atom is 0.0667 e. The van der Waals surface area contributed by atoms with Crippen molar-refractivity contribution < 1.29 is 0 Å². The van der Waals surface area contributed by atoms with Gasteiger partial charge in [-0.15, -0.1) is 0 Å². The van der Waals surface area contributed by atoms with Crippen LogP contribution in [0.3, 0.4) is 0 Å². The van der Waals surface area contributed by atoms with Gasteiger partial charge < -0.3 is 0 Å². The maximum atomic E-state index is 2.42. The molecule has 0 spiro atoms. The number of rotatable bonds is 4. The SMILES string of the molecule is CCC(C)C1=CC=CC1[SiH2]c1cc(C)cc(C)c1. The molecule has 2 unspecified atom stereocenters. The minimum Gasteiger partial charge on any atom is -0.0803 e. The largest absolute Gasteiger partial charge is 0.0803 e. The summed E-state index contributed by atoms with van der Waals surface area (Å²) in [7, 11) is -0.232. The first-order valence-corrected chi connectivity index (χ1v) is 8.58. The van der Waals surface area contributed by atoms with Crippen molar-refractivity contribution in [2.45, 2.75) is 39.7 Å². The molecule has 0 amide bonds. The lowest BCUT2D eigenvalue weighted by atomic mass is 9.97. The molecule has 0 bridgehead atoms. The zero-order valence-corrected chi connectivity index (χ0v) is 13.4. The van der Waals surface area contributed by atoms with E-state index in [4.69, 9.17) is 0 Å². The summed E-state index contributed by atoms with van der Waals surface area (Å²) in [6, 6.07) is 7.05. The lowest BCUT2D eigenvalue weighted by Gasteiger charge is -2.19.